The van der Waals surface area contributed by atoms with Crippen LogP contribution in [0.1, 0.15) is 0 Å². The summed E-state index contributed by atoms with van der Waals surface area (Å²) in [6.45, 7) is 0. The average Bonchev–Trinajstić information content (AvgIpc) is 2.62. The van der Waals surface area contributed by atoms with Gasteiger partial charge < -0.3 is 15.4 Å². The smallest absolute Gasteiger partial charge is 0.358 e. The molecular weight excluding hydrogens is 212 g/mol. The molecule has 2 heterocycles. The molecule has 0 spiro atoms. The largest absolute Gasteiger partial charge is 0.406 e. The summed E-state index contributed by atoms with van der Waals surface area (Å²) >= 11 is 0. The molecule has 82 valence electrons. The van der Waals surface area contributed by atoms with Gasteiger partial charge in [0.25, 0.3) is 0 Å². The van der Waals surface area contributed by atoms with Crippen LogP contribution in [0, 0.1) is 10.1 Å². The summed E-state index contributed by atoms with van der Waals surface area (Å²) in [6.07, 6.45) is 4.25. The second-order valence-electron chi connectivity index (χ2n) is 3.00. The fraction of sp³-hybridized carbons (Fsp3) is 0.125. The number of nitrogens with one attached hydrogen (secondary N) is 1. The van der Waals surface area contributed by atoms with E-state index >= 15 is 0 Å². The first-order valence-corrected chi connectivity index (χ1v) is 4.37. The number of nitro groups is 1. The lowest BCUT2D eigenvalue weighted by Crippen LogP contribution is -2.01. The second-order valence-corrected chi connectivity index (χ2v) is 3.00. The van der Waals surface area contributed by atoms with Crippen LogP contribution in [0.4, 0.5) is 17.5 Å². The topological polar surface area (TPSA) is 98.8 Å². The zero-order chi connectivity index (χ0) is 11.5. The number of aryl methyl sites for hydroxylation is 1. The van der Waals surface area contributed by atoms with Crippen molar-refractivity contribution in [3.05, 3.63) is 35.0 Å². The summed E-state index contributed by atoms with van der Waals surface area (Å²) in [5.74, 6) is 0.520. The summed E-state index contributed by atoms with van der Waals surface area (Å²) < 4.78 is 1.51. The maximum absolute atomic E-state index is 10.7. The lowest BCUT2D eigenvalue weighted by molar-refractivity contribution is -0.388. The van der Waals surface area contributed by atoms with Gasteiger partial charge in [-0.15, -0.1) is 0 Å². The van der Waals surface area contributed by atoms with Crippen LogP contribution in [-0.4, -0.2) is 24.4 Å². The maximum atomic E-state index is 10.7. The molecule has 2 rings (SSSR count). The van der Waals surface area contributed by atoms with Crippen LogP contribution in [0.3, 0.4) is 0 Å². The lowest BCUT2D eigenvalue weighted by atomic mass is 10.5. The van der Waals surface area contributed by atoms with Crippen LogP contribution in [0.5, 0.6) is 0 Å². The Morgan fingerprint density at radius 3 is 2.94 bits per heavy atom. The zero-order valence-corrected chi connectivity index (χ0v) is 8.36. The molecular formula is C8H8N6O2. The van der Waals surface area contributed by atoms with Gasteiger partial charge in [-0.1, -0.05) is 0 Å². The lowest BCUT2D eigenvalue weighted by Gasteiger charge is -2.03. The molecule has 2 aromatic heterocycles. The molecule has 0 amide bonds. The van der Waals surface area contributed by atoms with Crippen LogP contribution < -0.4 is 5.32 Å². The minimum Gasteiger partial charge on any atom is -0.358 e. The SMILES string of the molecule is Cn1cnc([N+](=O)[O-])c1Nc1ccncn1. The molecule has 8 nitrogen and oxygen atoms in total. The van der Waals surface area contributed by atoms with Crippen molar-refractivity contribution in [2.45, 2.75) is 0 Å². The van der Waals surface area contributed by atoms with Crippen molar-refractivity contribution in [3.63, 3.8) is 0 Å². The third kappa shape index (κ3) is 1.80. The average molecular weight is 220 g/mol. The van der Waals surface area contributed by atoms with E-state index in [1.165, 1.54) is 23.4 Å². The van der Waals surface area contributed by atoms with E-state index in [-0.39, 0.29) is 11.6 Å². The van der Waals surface area contributed by atoms with Crippen LogP contribution in [0.25, 0.3) is 0 Å². The standard InChI is InChI=1S/C8H8N6O2/c1-13-5-11-7(14(15)16)8(13)12-6-2-3-9-4-10-6/h2-5H,1H3,(H,9,10,12). The monoisotopic (exact) mass is 220 g/mol. The van der Waals surface area contributed by atoms with Gasteiger partial charge in [0.2, 0.25) is 12.1 Å². The van der Waals surface area contributed by atoms with E-state index < -0.39 is 4.92 Å². The van der Waals surface area contributed by atoms with Gasteiger partial charge in [0.05, 0.1) is 0 Å². The predicted molar refractivity (Wildman–Crippen MR) is 55.2 cm³/mol. The summed E-state index contributed by atoms with van der Waals surface area (Å²) in [4.78, 5) is 21.5. The Hall–Kier alpha value is -2.51. The molecule has 1 N–H and O–H groups in total. The number of anilines is 2. The van der Waals surface area contributed by atoms with Crippen molar-refractivity contribution in [2.75, 3.05) is 5.32 Å². The van der Waals surface area contributed by atoms with E-state index in [1.54, 1.807) is 13.1 Å². The summed E-state index contributed by atoms with van der Waals surface area (Å²) in [5, 5.41) is 13.5. The summed E-state index contributed by atoms with van der Waals surface area (Å²) in [7, 11) is 1.66. The molecule has 0 unspecified atom stereocenters. The van der Waals surface area contributed by atoms with Gasteiger partial charge in [-0.25, -0.2) is 9.97 Å². The van der Waals surface area contributed by atoms with Gasteiger partial charge in [-0.2, -0.15) is 0 Å². The third-order valence-electron chi connectivity index (χ3n) is 1.92. The molecule has 0 radical (unpaired) electrons. The third-order valence-corrected chi connectivity index (χ3v) is 1.92. The van der Waals surface area contributed by atoms with Crippen LogP contribution in [0.15, 0.2) is 24.9 Å². The Labute approximate surface area is 90.1 Å². The number of nitrogens with zero attached hydrogens (tertiary/aromatic N) is 5. The van der Waals surface area contributed by atoms with Crippen molar-refractivity contribution >= 4 is 17.5 Å². The Bertz CT molecular complexity index is 509. The van der Waals surface area contributed by atoms with Crippen LogP contribution in [-0.2, 0) is 7.05 Å². The minimum absolute atomic E-state index is 0.235. The molecule has 0 aromatic carbocycles. The van der Waals surface area contributed by atoms with Crippen molar-refractivity contribution in [3.8, 4) is 0 Å². The van der Waals surface area contributed by atoms with Gasteiger partial charge in [-0.3, -0.25) is 4.57 Å². The number of hydrogen-bond donors (Lipinski definition) is 1. The molecule has 0 saturated heterocycles. The molecule has 0 aliphatic carbocycles. The molecule has 0 saturated carbocycles. The number of hydrogen-bond acceptors (Lipinski definition) is 6. The quantitative estimate of drug-likeness (QED) is 0.608. The van der Waals surface area contributed by atoms with Crippen molar-refractivity contribution in [1.82, 2.24) is 19.5 Å². The molecule has 8 heteroatoms. The predicted octanol–water partition coefficient (Wildman–Crippen LogP) is 0.862. The summed E-state index contributed by atoms with van der Waals surface area (Å²) in [5.41, 5.74) is 0. The van der Waals surface area contributed by atoms with E-state index in [9.17, 15) is 10.1 Å². The molecule has 2 aromatic rings. The van der Waals surface area contributed by atoms with Gasteiger partial charge in [-0.05, 0) is 16.0 Å². The van der Waals surface area contributed by atoms with Crippen molar-refractivity contribution in [1.29, 1.82) is 0 Å². The highest BCUT2D eigenvalue weighted by molar-refractivity contribution is 5.60. The number of aromatic nitrogens is 4. The van der Waals surface area contributed by atoms with E-state index in [1.807, 2.05) is 0 Å². The highest BCUT2D eigenvalue weighted by Gasteiger charge is 2.20. The Morgan fingerprint density at radius 1 is 1.50 bits per heavy atom. The molecule has 0 bridgehead atoms. The first-order valence-electron chi connectivity index (χ1n) is 4.37. The second kappa shape index (κ2) is 3.93. The molecule has 0 aliphatic rings. The fourth-order valence-corrected chi connectivity index (χ4v) is 1.18. The molecule has 0 aliphatic heterocycles. The van der Waals surface area contributed by atoms with Gasteiger partial charge in [0.1, 0.15) is 12.1 Å². The van der Waals surface area contributed by atoms with E-state index in [2.05, 4.69) is 20.3 Å². The minimum atomic E-state index is -0.552. The first-order chi connectivity index (χ1) is 7.68. The normalized spacial score (nSPS) is 10.1. The van der Waals surface area contributed by atoms with Gasteiger partial charge in [0.15, 0.2) is 0 Å². The molecule has 0 atom stereocenters. The van der Waals surface area contributed by atoms with Crippen molar-refractivity contribution < 1.29 is 4.92 Å². The van der Waals surface area contributed by atoms with Crippen LogP contribution in [0.2, 0.25) is 0 Å². The highest BCUT2D eigenvalue weighted by Crippen LogP contribution is 2.23. The Kier molecular flexibility index (Phi) is 2.46. The van der Waals surface area contributed by atoms with E-state index in [0.717, 1.165) is 0 Å². The fourth-order valence-electron chi connectivity index (χ4n) is 1.18. The first kappa shape index (κ1) is 10.0. The van der Waals surface area contributed by atoms with E-state index in [0.29, 0.717) is 5.82 Å². The number of imidazole rings is 1. The van der Waals surface area contributed by atoms with Crippen molar-refractivity contribution in [2.24, 2.45) is 7.05 Å². The maximum Gasteiger partial charge on any atom is 0.406 e. The highest BCUT2D eigenvalue weighted by atomic mass is 16.6. The van der Waals surface area contributed by atoms with E-state index in [4.69, 9.17) is 0 Å². The zero-order valence-electron chi connectivity index (χ0n) is 8.36. The summed E-state index contributed by atoms with van der Waals surface area (Å²) in [6, 6.07) is 1.61. The van der Waals surface area contributed by atoms with Gasteiger partial charge >= 0.3 is 5.82 Å². The van der Waals surface area contributed by atoms with Crippen LogP contribution >= 0.6 is 0 Å². The van der Waals surface area contributed by atoms with Gasteiger partial charge in [0, 0.05) is 13.2 Å². The number of rotatable bonds is 3. The Balaban J connectivity index is 2.34. The Morgan fingerprint density at radius 2 is 2.31 bits per heavy atom. The molecule has 16 heavy (non-hydrogen) atoms. The molecule has 0 fully saturated rings.